The minimum atomic E-state index is -0.940. The Morgan fingerprint density at radius 3 is 2.36 bits per heavy atom. The van der Waals surface area contributed by atoms with Crippen LogP contribution >= 0.6 is 0 Å². The summed E-state index contributed by atoms with van der Waals surface area (Å²) >= 11 is 0. The van der Waals surface area contributed by atoms with Gasteiger partial charge in [0.05, 0.1) is 18.0 Å². The number of aromatic amines is 1. The number of halogens is 2. The summed E-state index contributed by atoms with van der Waals surface area (Å²) in [4.78, 5) is 30.7. The van der Waals surface area contributed by atoms with Gasteiger partial charge in [0.25, 0.3) is 5.91 Å². The molecular formula is C25H31F2N3O3. The lowest BCUT2D eigenvalue weighted by atomic mass is 10.0. The maximum absolute atomic E-state index is 12.5. The number of nitrogens with two attached hydrogens (primary N) is 1. The molecule has 8 heteroatoms. The Morgan fingerprint density at radius 2 is 1.82 bits per heavy atom. The van der Waals surface area contributed by atoms with Crippen LogP contribution in [0.1, 0.15) is 68.6 Å². The van der Waals surface area contributed by atoms with Gasteiger partial charge in [-0.15, -0.1) is 0 Å². The van der Waals surface area contributed by atoms with Gasteiger partial charge in [-0.25, -0.2) is 4.39 Å². The molecule has 2 aromatic heterocycles. The van der Waals surface area contributed by atoms with E-state index in [9.17, 15) is 18.4 Å². The first kappa shape index (κ1) is 26.0. The zero-order chi connectivity index (χ0) is 24.5. The van der Waals surface area contributed by atoms with Crippen LogP contribution in [0.3, 0.4) is 0 Å². The number of primary amides is 1. The maximum Gasteiger partial charge on any atom is 0.268 e. The number of pyridine rings is 2. The van der Waals surface area contributed by atoms with Crippen molar-refractivity contribution >= 4 is 16.8 Å². The fourth-order valence-electron chi connectivity index (χ4n) is 3.51. The molecule has 0 unspecified atom stereocenters. The molecule has 3 N–H and O–H groups in total. The number of H-pyrrole nitrogens is 1. The molecule has 1 fully saturated rings. The van der Waals surface area contributed by atoms with E-state index in [4.69, 9.17) is 5.73 Å². The van der Waals surface area contributed by atoms with Crippen LogP contribution in [0.25, 0.3) is 10.9 Å². The average molecular weight is 460 g/mol. The molecule has 1 saturated carbocycles. The van der Waals surface area contributed by atoms with Crippen molar-refractivity contribution in [3.8, 4) is 5.75 Å². The molecule has 1 aromatic carbocycles. The highest BCUT2D eigenvalue weighted by atomic mass is 19.2. The number of hydrogen-bond donors (Lipinski definition) is 2. The van der Waals surface area contributed by atoms with Crippen LogP contribution in [0.2, 0.25) is 0 Å². The number of carbonyl (C=O) groups is 1. The van der Waals surface area contributed by atoms with Gasteiger partial charge < -0.3 is 15.5 Å². The molecule has 4 rings (SSSR count). The molecule has 0 atom stereocenters. The number of methoxy groups -OCH3 is 1. The van der Waals surface area contributed by atoms with Gasteiger partial charge in [-0.05, 0) is 42.9 Å². The number of amides is 1. The first-order valence-corrected chi connectivity index (χ1v) is 10.9. The van der Waals surface area contributed by atoms with Gasteiger partial charge >= 0.3 is 0 Å². The summed E-state index contributed by atoms with van der Waals surface area (Å²) in [5.41, 5.74) is 6.70. The van der Waals surface area contributed by atoms with Gasteiger partial charge in [-0.2, -0.15) is 4.39 Å². The molecule has 0 spiro atoms. The van der Waals surface area contributed by atoms with E-state index >= 15 is 0 Å². The third kappa shape index (κ3) is 7.10. The number of fused-ring (bicyclic) bond motifs is 1. The number of nitrogens with one attached hydrogen (secondary N) is 1. The van der Waals surface area contributed by atoms with Crippen LogP contribution in [-0.2, 0) is 0 Å². The van der Waals surface area contributed by atoms with Gasteiger partial charge in [-0.3, -0.25) is 14.6 Å². The first-order valence-electron chi connectivity index (χ1n) is 10.9. The summed E-state index contributed by atoms with van der Waals surface area (Å²) in [7, 11) is 1.29. The zero-order valence-corrected chi connectivity index (χ0v) is 19.5. The van der Waals surface area contributed by atoms with Crippen molar-refractivity contribution in [2.45, 2.75) is 52.4 Å². The zero-order valence-electron chi connectivity index (χ0n) is 19.5. The summed E-state index contributed by atoms with van der Waals surface area (Å²) in [6.45, 7) is 6.50. The highest BCUT2D eigenvalue weighted by Gasteiger charge is 2.20. The average Bonchev–Trinajstić information content (AvgIpc) is 3.30. The Balaban J connectivity index is 0.000000231. The molecular weight excluding hydrogens is 428 g/mol. The fraction of sp³-hybridized carbons (Fsp3) is 0.400. The molecule has 3 aromatic rings. The molecule has 0 radical (unpaired) electrons. The highest BCUT2D eigenvalue weighted by Crippen LogP contribution is 2.33. The van der Waals surface area contributed by atoms with Gasteiger partial charge in [0, 0.05) is 18.0 Å². The molecule has 178 valence electrons. The minimum Gasteiger partial charge on any atom is -0.494 e. The molecule has 0 bridgehead atoms. The quantitative estimate of drug-likeness (QED) is 0.554. The van der Waals surface area contributed by atoms with Gasteiger partial charge in [-0.1, -0.05) is 39.7 Å². The molecule has 6 nitrogen and oxygen atoms in total. The Morgan fingerprint density at radius 1 is 1.18 bits per heavy atom. The second-order valence-corrected chi connectivity index (χ2v) is 8.50. The number of rotatable bonds is 3. The van der Waals surface area contributed by atoms with Crippen LogP contribution in [0, 0.1) is 17.6 Å². The molecule has 1 aliphatic rings. The number of aromatic nitrogens is 2. The lowest BCUT2D eigenvalue weighted by Crippen LogP contribution is -2.18. The van der Waals surface area contributed by atoms with Crippen LogP contribution in [0.4, 0.5) is 8.78 Å². The number of carbonyl (C=O) groups excluding carboxylic acids is 1. The minimum absolute atomic E-state index is 0.0386. The van der Waals surface area contributed by atoms with Crippen molar-refractivity contribution in [3.63, 3.8) is 0 Å². The van der Waals surface area contributed by atoms with Crippen LogP contribution in [-0.4, -0.2) is 23.0 Å². The van der Waals surface area contributed by atoms with Crippen molar-refractivity contribution < 1.29 is 18.3 Å². The third-order valence-corrected chi connectivity index (χ3v) is 4.93. The third-order valence-electron chi connectivity index (χ3n) is 4.93. The van der Waals surface area contributed by atoms with E-state index in [1.165, 1.54) is 38.3 Å². The van der Waals surface area contributed by atoms with E-state index in [0.29, 0.717) is 11.4 Å². The van der Waals surface area contributed by atoms with E-state index in [0.717, 1.165) is 30.5 Å². The van der Waals surface area contributed by atoms with Gasteiger partial charge in [0.1, 0.15) is 5.69 Å². The highest BCUT2D eigenvalue weighted by molar-refractivity contribution is 6.03. The summed E-state index contributed by atoms with van der Waals surface area (Å²) in [5, 5.41) is 0.289. The second-order valence-electron chi connectivity index (χ2n) is 8.50. The first-order chi connectivity index (χ1) is 15.6. The van der Waals surface area contributed by atoms with Crippen molar-refractivity contribution in [2.24, 2.45) is 11.7 Å². The van der Waals surface area contributed by atoms with Crippen molar-refractivity contribution in [2.75, 3.05) is 7.11 Å². The molecule has 1 aliphatic carbocycles. The molecule has 2 heterocycles. The summed E-state index contributed by atoms with van der Waals surface area (Å²) in [6, 6.07) is 7.08. The topological polar surface area (TPSA) is 98.1 Å². The Hall–Kier alpha value is -3.29. The smallest absolute Gasteiger partial charge is 0.268 e. The lowest BCUT2D eigenvalue weighted by molar-refractivity contribution is 0.0997. The number of ether oxygens (including phenoxy) is 1. The second kappa shape index (κ2) is 12.1. The normalized spacial score (nSPS) is 13.2. The van der Waals surface area contributed by atoms with Crippen LogP contribution in [0.5, 0.6) is 5.75 Å². The predicted molar refractivity (Wildman–Crippen MR) is 126 cm³/mol. The summed E-state index contributed by atoms with van der Waals surface area (Å²) < 4.78 is 29.3. The van der Waals surface area contributed by atoms with Gasteiger partial charge in [0.15, 0.2) is 17.0 Å². The van der Waals surface area contributed by atoms with Crippen LogP contribution in [0.15, 0.2) is 41.3 Å². The number of benzene rings is 1. The van der Waals surface area contributed by atoms with E-state index in [-0.39, 0.29) is 22.3 Å². The van der Waals surface area contributed by atoms with Crippen molar-refractivity contribution in [1.82, 2.24) is 9.97 Å². The molecule has 0 aliphatic heterocycles. The molecule has 33 heavy (non-hydrogen) atoms. The van der Waals surface area contributed by atoms with Crippen LogP contribution < -0.4 is 15.9 Å². The monoisotopic (exact) mass is 459 g/mol. The lowest BCUT2D eigenvalue weighted by Gasteiger charge is -2.11. The Labute approximate surface area is 192 Å². The maximum atomic E-state index is 12.5. The fourth-order valence-corrected chi connectivity index (χ4v) is 3.51. The van der Waals surface area contributed by atoms with Crippen molar-refractivity contribution in [3.05, 3.63) is 69.8 Å². The standard InChI is InChI=1S/C14H15N3O2.C7H6F2O.C4H10/c15-14(19)13-12-9(5-6-16-13)17-10(7-11(12)18)8-3-1-2-4-8;1-10-6-4-2-3-5(8)7(6)9;1-4(2)3/h5-8H,1-4H2,(H2,15,19)(H,17,18);2-4H,1H3;4H,1-3H3. The molecule has 1 amide bonds. The summed E-state index contributed by atoms with van der Waals surface area (Å²) in [5.74, 6) is -1.32. The Bertz CT molecular complexity index is 1140. The molecule has 0 saturated heterocycles. The number of nitrogens with zero attached hydrogens (tertiary/aromatic N) is 1. The van der Waals surface area contributed by atoms with E-state index in [1.807, 2.05) is 0 Å². The van der Waals surface area contributed by atoms with E-state index in [1.54, 1.807) is 12.1 Å². The largest absolute Gasteiger partial charge is 0.494 e. The van der Waals surface area contributed by atoms with E-state index in [2.05, 4.69) is 35.5 Å². The van der Waals surface area contributed by atoms with Crippen molar-refractivity contribution in [1.29, 1.82) is 0 Å². The predicted octanol–water partition coefficient (Wildman–Crippen LogP) is 5.32. The SMILES string of the molecule is CC(C)C.COc1cccc(F)c1F.NC(=O)c1nccc2[nH]c(C3CCCC3)cc(=O)c12. The number of hydrogen-bond acceptors (Lipinski definition) is 4. The summed E-state index contributed by atoms with van der Waals surface area (Å²) in [6.07, 6.45) is 6.11. The van der Waals surface area contributed by atoms with E-state index < -0.39 is 17.5 Å². The Kier molecular flexibility index (Phi) is 9.51. The van der Waals surface area contributed by atoms with Gasteiger partial charge in [0.2, 0.25) is 5.82 Å².